The molecule has 2 rings (SSSR count). The van der Waals surface area contributed by atoms with Crippen molar-refractivity contribution in [2.75, 3.05) is 12.3 Å². The number of rotatable bonds is 7. The van der Waals surface area contributed by atoms with E-state index in [0.717, 1.165) is 16.8 Å². The van der Waals surface area contributed by atoms with E-state index >= 15 is 0 Å². The molecule has 0 aliphatic rings. The highest BCUT2D eigenvalue weighted by Gasteiger charge is 2.18. The summed E-state index contributed by atoms with van der Waals surface area (Å²) in [6.45, 7) is 8.29. The number of hydrogen-bond acceptors (Lipinski definition) is 4. The standard InChI is InChI=1S/C20H25N3O2S/c1-12(16-8-6-5-7-9-16)10-22-17(24)11-26-20-18(19(21)25)14(3)13(2)15(4)23-20/h5-9,12H,10-11H2,1-4H3,(H2,21,25)(H,22,24)/t12-/m0/s1. The number of carbonyl (C=O) groups is 2. The third kappa shape index (κ3) is 4.85. The number of carbonyl (C=O) groups excluding carboxylic acids is 2. The Bertz CT molecular complexity index is 806. The predicted octanol–water partition coefficient (Wildman–Crippen LogP) is 3.12. The molecule has 0 bridgehead atoms. The van der Waals surface area contributed by atoms with Gasteiger partial charge in [0.15, 0.2) is 0 Å². The maximum Gasteiger partial charge on any atom is 0.251 e. The molecule has 0 aliphatic carbocycles. The van der Waals surface area contributed by atoms with E-state index in [1.165, 1.54) is 17.3 Å². The highest BCUT2D eigenvalue weighted by Crippen LogP contribution is 2.26. The van der Waals surface area contributed by atoms with E-state index in [1.807, 2.05) is 51.1 Å². The number of nitrogens with two attached hydrogens (primary N) is 1. The van der Waals surface area contributed by atoms with Gasteiger partial charge < -0.3 is 11.1 Å². The summed E-state index contributed by atoms with van der Waals surface area (Å²) < 4.78 is 0. The number of thioether (sulfide) groups is 1. The van der Waals surface area contributed by atoms with Gasteiger partial charge in [-0.05, 0) is 43.4 Å². The van der Waals surface area contributed by atoms with Crippen LogP contribution < -0.4 is 11.1 Å². The van der Waals surface area contributed by atoms with E-state index in [2.05, 4.69) is 17.2 Å². The predicted molar refractivity (Wildman–Crippen MR) is 106 cm³/mol. The fourth-order valence-corrected chi connectivity index (χ4v) is 3.63. The van der Waals surface area contributed by atoms with E-state index in [4.69, 9.17) is 5.73 Å². The van der Waals surface area contributed by atoms with Gasteiger partial charge in [0, 0.05) is 12.2 Å². The first-order valence-corrected chi connectivity index (χ1v) is 9.51. The number of benzene rings is 1. The Balaban J connectivity index is 1.98. The molecule has 2 aromatic rings. The maximum absolute atomic E-state index is 12.2. The van der Waals surface area contributed by atoms with Gasteiger partial charge in [-0.3, -0.25) is 9.59 Å². The van der Waals surface area contributed by atoms with E-state index in [-0.39, 0.29) is 17.6 Å². The third-order valence-corrected chi connectivity index (χ3v) is 5.50. The normalized spacial score (nSPS) is 11.8. The van der Waals surface area contributed by atoms with Crippen molar-refractivity contribution in [2.24, 2.45) is 5.73 Å². The molecule has 0 unspecified atom stereocenters. The largest absolute Gasteiger partial charge is 0.366 e. The van der Waals surface area contributed by atoms with Crippen LogP contribution >= 0.6 is 11.8 Å². The Hall–Kier alpha value is -2.34. The van der Waals surface area contributed by atoms with Gasteiger partial charge in [0.25, 0.3) is 5.91 Å². The first-order chi connectivity index (χ1) is 12.3. The topological polar surface area (TPSA) is 85.1 Å². The second kappa shape index (κ2) is 8.85. The van der Waals surface area contributed by atoms with Crippen molar-refractivity contribution in [2.45, 2.75) is 38.6 Å². The van der Waals surface area contributed by atoms with Crippen LogP contribution in [0, 0.1) is 20.8 Å². The zero-order valence-corrected chi connectivity index (χ0v) is 16.4. The molecule has 26 heavy (non-hydrogen) atoms. The molecule has 1 heterocycles. The summed E-state index contributed by atoms with van der Waals surface area (Å²) in [6, 6.07) is 10.0. The number of nitrogens with one attached hydrogen (secondary N) is 1. The molecule has 0 saturated carbocycles. The Morgan fingerprint density at radius 1 is 1.15 bits per heavy atom. The molecule has 0 saturated heterocycles. The molecule has 3 N–H and O–H groups in total. The number of aromatic nitrogens is 1. The summed E-state index contributed by atoms with van der Waals surface area (Å²) >= 11 is 1.24. The van der Waals surface area contributed by atoms with E-state index in [0.29, 0.717) is 17.1 Å². The number of nitrogens with zero attached hydrogens (tertiary/aromatic N) is 1. The van der Waals surface area contributed by atoms with Gasteiger partial charge in [0.1, 0.15) is 5.03 Å². The lowest BCUT2D eigenvalue weighted by Gasteiger charge is -2.15. The maximum atomic E-state index is 12.2. The van der Waals surface area contributed by atoms with Crippen LogP contribution in [0.1, 0.15) is 45.6 Å². The van der Waals surface area contributed by atoms with Crippen LogP contribution in [0.25, 0.3) is 0 Å². The van der Waals surface area contributed by atoms with Crippen LogP contribution in [0.2, 0.25) is 0 Å². The number of hydrogen-bond donors (Lipinski definition) is 2. The van der Waals surface area contributed by atoms with Gasteiger partial charge >= 0.3 is 0 Å². The van der Waals surface area contributed by atoms with Gasteiger partial charge in [-0.25, -0.2) is 4.98 Å². The van der Waals surface area contributed by atoms with Gasteiger partial charge in [-0.15, -0.1) is 0 Å². The molecule has 2 amide bonds. The lowest BCUT2D eigenvalue weighted by molar-refractivity contribution is -0.118. The molecule has 1 aromatic heterocycles. The molecule has 0 spiro atoms. The zero-order valence-electron chi connectivity index (χ0n) is 15.6. The van der Waals surface area contributed by atoms with Crippen molar-refractivity contribution in [3.05, 3.63) is 58.3 Å². The Morgan fingerprint density at radius 3 is 2.42 bits per heavy atom. The molecule has 0 fully saturated rings. The molecule has 1 atom stereocenters. The molecular weight excluding hydrogens is 346 g/mol. The van der Waals surface area contributed by atoms with Gasteiger partial charge in [-0.2, -0.15) is 0 Å². The monoisotopic (exact) mass is 371 g/mol. The average Bonchev–Trinajstić information content (AvgIpc) is 2.62. The van der Waals surface area contributed by atoms with Gasteiger partial charge in [0.2, 0.25) is 5.91 Å². The van der Waals surface area contributed by atoms with Crippen LogP contribution in [0.15, 0.2) is 35.4 Å². The molecular formula is C20H25N3O2S. The Labute approximate surface area is 158 Å². The smallest absolute Gasteiger partial charge is 0.251 e. The Kier molecular flexibility index (Phi) is 6.80. The number of primary amides is 1. The minimum absolute atomic E-state index is 0.0918. The highest BCUT2D eigenvalue weighted by atomic mass is 32.2. The number of pyridine rings is 1. The summed E-state index contributed by atoms with van der Waals surface area (Å²) in [6.07, 6.45) is 0. The summed E-state index contributed by atoms with van der Waals surface area (Å²) in [5.74, 6) is -0.186. The van der Waals surface area contributed by atoms with Gasteiger partial charge in [-0.1, -0.05) is 49.0 Å². The van der Waals surface area contributed by atoms with Crippen molar-refractivity contribution < 1.29 is 9.59 Å². The second-order valence-electron chi connectivity index (χ2n) is 6.40. The third-order valence-electron chi connectivity index (χ3n) is 4.52. The van der Waals surface area contributed by atoms with Gasteiger partial charge in [0.05, 0.1) is 11.3 Å². The fourth-order valence-electron chi connectivity index (χ4n) is 2.66. The highest BCUT2D eigenvalue weighted by molar-refractivity contribution is 8.00. The van der Waals surface area contributed by atoms with Crippen molar-refractivity contribution in [1.29, 1.82) is 0 Å². The van der Waals surface area contributed by atoms with E-state index < -0.39 is 5.91 Å². The van der Waals surface area contributed by atoms with Crippen LogP contribution in [-0.2, 0) is 4.79 Å². The quantitative estimate of drug-likeness (QED) is 0.732. The fraction of sp³-hybridized carbons (Fsp3) is 0.350. The summed E-state index contributed by atoms with van der Waals surface area (Å²) in [4.78, 5) is 28.4. The minimum Gasteiger partial charge on any atom is -0.366 e. The lowest BCUT2D eigenvalue weighted by Crippen LogP contribution is -2.29. The first kappa shape index (κ1) is 20.0. The average molecular weight is 372 g/mol. The van der Waals surface area contributed by atoms with Crippen molar-refractivity contribution >= 4 is 23.6 Å². The SMILES string of the molecule is Cc1nc(SCC(=O)NC[C@H](C)c2ccccc2)c(C(N)=O)c(C)c1C. The second-order valence-corrected chi connectivity index (χ2v) is 7.36. The van der Waals surface area contributed by atoms with Crippen molar-refractivity contribution in [3.8, 4) is 0 Å². The minimum atomic E-state index is -0.515. The summed E-state index contributed by atoms with van der Waals surface area (Å²) in [5, 5.41) is 3.45. The molecule has 138 valence electrons. The van der Waals surface area contributed by atoms with Crippen LogP contribution in [0.5, 0.6) is 0 Å². The summed E-state index contributed by atoms with van der Waals surface area (Å²) in [5.41, 5.74) is 9.71. The van der Waals surface area contributed by atoms with Crippen LogP contribution in [0.4, 0.5) is 0 Å². The van der Waals surface area contributed by atoms with Crippen LogP contribution in [0.3, 0.4) is 0 Å². The van der Waals surface area contributed by atoms with Crippen molar-refractivity contribution in [1.82, 2.24) is 10.3 Å². The molecule has 5 nitrogen and oxygen atoms in total. The van der Waals surface area contributed by atoms with Crippen LogP contribution in [-0.4, -0.2) is 29.1 Å². The molecule has 1 aromatic carbocycles. The number of aryl methyl sites for hydroxylation is 1. The van der Waals surface area contributed by atoms with E-state index in [1.54, 1.807) is 0 Å². The number of amides is 2. The zero-order chi connectivity index (χ0) is 19.3. The molecule has 0 aliphatic heterocycles. The summed E-state index contributed by atoms with van der Waals surface area (Å²) in [7, 11) is 0. The van der Waals surface area contributed by atoms with E-state index in [9.17, 15) is 9.59 Å². The Morgan fingerprint density at radius 2 is 1.81 bits per heavy atom. The molecule has 6 heteroatoms. The lowest BCUT2D eigenvalue weighted by atomic mass is 10.0. The molecule has 0 radical (unpaired) electrons. The first-order valence-electron chi connectivity index (χ1n) is 8.53. The van der Waals surface area contributed by atoms with Crippen molar-refractivity contribution in [3.63, 3.8) is 0 Å².